The smallest absolute Gasteiger partial charge is 0.234 e. The highest BCUT2D eigenvalue weighted by molar-refractivity contribution is 7.99. The number of carbonyl (C=O) groups excluding carboxylic acids is 1. The van der Waals surface area contributed by atoms with Crippen molar-refractivity contribution < 1.29 is 4.79 Å². The van der Waals surface area contributed by atoms with Crippen LogP contribution in [0.2, 0.25) is 0 Å². The molecular formula is C17H24N4OS. The van der Waals surface area contributed by atoms with E-state index in [1.165, 1.54) is 11.8 Å². The summed E-state index contributed by atoms with van der Waals surface area (Å²) in [5.74, 6) is 0.272. The summed E-state index contributed by atoms with van der Waals surface area (Å²) in [6.07, 6.45) is 1.69. The Hall–Kier alpha value is -1.82. The van der Waals surface area contributed by atoms with Gasteiger partial charge in [0, 0.05) is 11.7 Å². The molecule has 0 saturated carbocycles. The lowest BCUT2D eigenvalue weighted by Gasteiger charge is -2.23. The SMILES string of the molecule is CC(C)n1cnnc1SCC(=O)Nc1ccccc1C(C)(C)C. The van der Waals surface area contributed by atoms with Crippen LogP contribution in [0.25, 0.3) is 0 Å². The summed E-state index contributed by atoms with van der Waals surface area (Å²) < 4.78 is 1.96. The Morgan fingerprint density at radius 1 is 1.30 bits per heavy atom. The number of thioether (sulfide) groups is 1. The van der Waals surface area contributed by atoms with Crippen molar-refractivity contribution in [3.05, 3.63) is 36.2 Å². The molecule has 1 heterocycles. The zero-order valence-electron chi connectivity index (χ0n) is 14.3. The third kappa shape index (κ3) is 4.58. The van der Waals surface area contributed by atoms with Crippen molar-refractivity contribution in [2.24, 2.45) is 0 Å². The van der Waals surface area contributed by atoms with Gasteiger partial charge in [0.2, 0.25) is 5.91 Å². The molecule has 0 bridgehead atoms. The van der Waals surface area contributed by atoms with Gasteiger partial charge in [-0.15, -0.1) is 10.2 Å². The summed E-state index contributed by atoms with van der Waals surface area (Å²) in [5.41, 5.74) is 1.98. The Bertz CT molecular complexity index is 673. The second-order valence-corrected chi connectivity index (χ2v) is 7.69. The molecule has 0 spiro atoms. The van der Waals surface area contributed by atoms with Crippen LogP contribution in [-0.2, 0) is 10.2 Å². The number of hydrogen-bond acceptors (Lipinski definition) is 4. The van der Waals surface area contributed by atoms with Crippen LogP contribution in [0.3, 0.4) is 0 Å². The van der Waals surface area contributed by atoms with Gasteiger partial charge in [-0.05, 0) is 30.9 Å². The van der Waals surface area contributed by atoms with Gasteiger partial charge in [0.25, 0.3) is 0 Å². The minimum atomic E-state index is -0.0370. The minimum Gasteiger partial charge on any atom is -0.325 e. The number of aromatic nitrogens is 3. The quantitative estimate of drug-likeness (QED) is 0.844. The van der Waals surface area contributed by atoms with Crippen LogP contribution in [0.5, 0.6) is 0 Å². The van der Waals surface area contributed by atoms with E-state index in [9.17, 15) is 4.79 Å². The fourth-order valence-electron chi connectivity index (χ4n) is 2.25. The van der Waals surface area contributed by atoms with Crippen molar-refractivity contribution in [1.29, 1.82) is 0 Å². The van der Waals surface area contributed by atoms with Crippen LogP contribution < -0.4 is 5.32 Å². The van der Waals surface area contributed by atoms with Gasteiger partial charge in [-0.3, -0.25) is 4.79 Å². The first-order chi connectivity index (χ1) is 10.8. The normalized spacial score (nSPS) is 11.7. The van der Waals surface area contributed by atoms with Crippen LogP contribution in [0.4, 0.5) is 5.69 Å². The van der Waals surface area contributed by atoms with E-state index in [0.29, 0.717) is 5.75 Å². The third-order valence-corrected chi connectivity index (χ3v) is 4.40. The summed E-state index contributed by atoms with van der Waals surface area (Å²) >= 11 is 1.40. The molecule has 0 radical (unpaired) electrons. The van der Waals surface area contributed by atoms with E-state index in [1.807, 2.05) is 22.8 Å². The van der Waals surface area contributed by atoms with Gasteiger partial charge in [0.1, 0.15) is 6.33 Å². The van der Waals surface area contributed by atoms with Gasteiger partial charge < -0.3 is 9.88 Å². The van der Waals surface area contributed by atoms with E-state index in [4.69, 9.17) is 0 Å². The van der Waals surface area contributed by atoms with Gasteiger partial charge >= 0.3 is 0 Å². The van der Waals surface area contributed by atoms with Gasteiger partial charge in [-0.1, -0.05) is 50.7 Å². The van der Waals surface area contributed by atoms with Gasteiger partial charge in [0.15, 0.2) is 5.16 Å². The van der Waals surface area contributed by atoms with Crippen molar-refractivity contribution in [2.45, 2.75) is 51.2 Å². The van der Waals surface area contributed by atoms with Crippen LogP contribution in [0, 0.1) is 0 Å². The molecule has 0 atom stereocenters. The number of benzene rings is 1. The standard InChI is InChI=1S/C17H24N4OS/c1-12(2)21-11-18-20-16(21)23-10-15(22)19-14-9-7-6-8-13(14)17(3,4)5/h6-9,11-12H,10H2,1-5H3,(H,19,22). The molecule has 1 aromatic carbocycles. The Balaban J connectivity index is 2.02. The van der Waals surface area contributed by atoms with Gasteiger partial charge in [-0.25, -0.2) is 0 Å². The lowest BCUT2D eigenvalue weighted by atomic mass is 9.86. The predicted molar refractivity (Wildman–Crippen MR) is 94.9 cm³/mol. The molecule has 1 N–H and O–H groups in total. The van der Waals surface area contributed by atoms with E-state index in [1.54, 1.807) is 6.33 Å². The van der Waals surface area contributed by atoms with E-state index in [2.05, 4.69) is 56.2 Å². The fraction of sp³-hybridized carbons (Fsp3) is 0.471. The third-order valence-electron chi connectivity index (χ3n) is 3.44. The Morgan fingerprint density at radius 3 is 2.65 bits per heavy atom. The number of nitrogens with zero attached hydrogens (tertiary/aromatic N) is 3. The Morgan fingerprint density at radius 2 is 2.00 bits per heavy atom. The van der Waals surface area contributed by atoms with Gasteiger partial charge in [-0.2, -0.15) is 0 Å². The minimum absolute atomic E-state index is 0.0190. The number of nitrogens with one attached hydrogen (secondary N) is 1. The number of anilines is 1. The molecule has 0 saturated heterocycles. The maximum Gasteiger partial charge on any atom is 0.234 e. The zero-order valence-corrected chi connectivity index (χ0v) is 15.1. The molecule has 0 aliphatic heterocycles. The maximum atomic E-state index is 12.3. The predicted octanol–water partition coefficient (Wildman–Crippen LogP) is 3.89. The molecule has 2 aromatic rings. The summed E-state index contributed by atoms with van der Waals surface area (Å²) in [4.78, 5) is 12.3. The average Bonchev–Trinajstić information content (AvgIpc) is 2.93. The van der Waals surface area contributed by atoms with Crippen molar-refractivity contribution in [3.8, 4) is 0 Å². The fourth-order valence-corrected chi connectivity index (χ4v) is 3.10. The number of rotatable bonds is 5. The largest absolute Gasteiger partial charge is 0.325 e. The van der Waals surface area contributed by atoms with E-state index in [0.717, 1.165) is 16.4 Å². The van der Waals surface area contributed by atoms with Crippen molar-refractivity contribution in [3.63, 3.8) is 0 Å². The second kappa shape index (κ2) is 7.17. The monoisotopic (exact) mass is 332 g/mol. The summed E-state index contributed by atoms with van der Waals surface area (Å²) in [6.45, 7) is 10.5. The molecule has 0 fully saturated rings. The van der Waals surface area contributed by atoms with E-state index >= 15 is 0 Å². The first kappa shape index (κ1) is 17.5. The molecule has 5 nitrogen and oxygen atoms in total. The maximum absolute atomic E-state index is 12.3. The first-order valence-electron chi connectivity index (χ1n) is 7.70. The molecule has 1 amide bonds. The molecule has 0 unspecified atom stereocenters. The van der Waals surface area contributed by atoms with Crippen molar-refractivity contribution in [1.82, 2.24) is 14.8 Å². The van der Waals surface area contributed by atoms with Crippen LogP contribution in [-0.4, -0.2) is 26.4 Å². The Kier molecular flexibility index (Phi) is 5.46. The van der Waals surface area contributed by atoms with Gasteiger partial charge in [0.05, 0.1) is 5.75 Å². The number of carbonyl (C=O) groups is 1. The number of para-hydroxylation sites is 1. The first-order valence-corrected chi connectivity index (χ1v) is 8.69. The average molecular weight is 332 g/mol. The van der Waals surface area contributed by atoms with Crippen LogP contribution in [0.1, 0.15) is 46.2 Å². The molecule has 0 aliphatic carbocycles. The highest BCUT2D eigenvalue weighted by atomic mass is 32.2. The molecule has 1 aromatic heterocycles. The van der Waals surface area contributed by atoms with E-state index < -0.39 is 0 Å². The van der Waals surface area contributed by atoms with Crippen LogP contribution >= 0.6 is 11.8 Å². The number of amides is 1. The summed E-state index contributed by atoms with van der Waals surface area (Å²) in [6, 6.07) is 8.21. The van der Waals surface area contributed by atoms with Crippen molar-refractivity contribution >= 4 is 23.4 Å². The van der Waals surface area contributed by atoms with E-state index in [-0.39, 0.29) is 17.4 Å². The highest BCUT2D eigenvalue weighted by Crippen LogP contribution is 2.29. The number of hydrogen-bond donors (Lipinski definition) is 1. The molecular weight excluding hydrogens is 308 g/mol. The van der Waals surface area contributed by atoms with Crippen molar-refractivity contribution in [2.75, 3.05) is 11.1 Å². The molecule has 6 heteroatoms. The Labute approximate surface area is 141 Å². The molecule has 0 aliphatic rings. The zero-order chi connectivity index (χ0) is 17.0. The lowest BCUT2D eigenvalue weighted by molar-refractivity contribution is -0.113. The lowest BCUT2D eigenvalue weighted by Crippen LogP contribution is -2.20. The highest BCUT2D eigenvalue weighted by Gasteiger charge is 2.19. The van der Waals surface area contributed by atoms with Crippen LogP contribution in [0.15, 0.2) is 35.7 Å². The summed E-state index contributed by atoms with van der Waals surface area (Å²) in [7, 11) is 0. The summed E-state index contributed by atoms with van der Waals surface area (Å²) in [5, 5.41) is 11.8. The topological polar surface area (TPSA) is 59.8 Å². The molecule has 2 rings (SSSR count). The second-order valence-electron chi connectivity index (χ2n) is 6.75. The molecule has 23 heavy (non-hydrogen) atoms. The molecule has 124 valence electrons.